The largest absolute Gasteiger partial charge is 0.369 e. The molecule has 0 saturated carbocycles. The molecule has 0 bridgehead atoms. The molecule has 0 N–H and O–H groups in total. The Kier molecular flexibility index (Phi) is 6.65. The third-order valence-corrected chi connectivity index (χ3v) is 6.83. The molecule has 0 unspecified atom stereocenters. The summed E-state index contributed by atoms with van der Waals surface area (Å²) in [6.07, 6.45) is 2.94. The van der Waals surface area contributed by atoms with Crippen LogP contribution < -0.4 is 9.80 Å². The van der Waals surface area contributed by atoms with Crippen molar-refractivity contribution in [2.45, 2.75) is 13.3 Å². The number of anilines is 3. The van der Waals surface area contributed by atoms with Gasteiger partial charge in [-0.05, 0) is 79.2 Å². The van der Waals surface area contributed by atoms with Crippen LogP contribution in [0.4, 0.5) is 17.1 Å². The van der Waals surface area contributed by atoms with E-state index in [1.54, 1.807) is 0 Å². The van der Waals surface area contributed by atoms with Crippen molar-refractivity contribution in [2.75, 3.05) is 49.6 Å². The van der Waals surface area contributed by atoms with E-state index in [9.17, 15) is 0 Å². The number of benzene rings is 3. The van der Waals surface area contributed by atoms with Gasteiger partial charge in [-0.2, -0.15) is 5.26 Å². The minimum absolute atomic E-state index is 0.672. The topological polar surface area (TPSA) is 46.4 Å². The van der Waals surface area contributed by atoms with E-state index in [0.717, 1.165) is 61.2 Å². The molecule has 3 aromatic carbocycles. The molecule has 1 aromatic heterocycles. The molecule has 1 aliphatic heterocycles. The molecule has 2 heterocycles. The normalized spacial score (nSPS) is 14.1. The van der Waals surface area contributed by atoms with Crippen molar-refractivity contribution in [3.8, 4) is 17.2 Å². The predicted octanol–water partition coefficient (Wildman–Crippen LogP) is 6.07. The third-order valence-electron chi connectivity index (χ3n) is 6.83. The number of nitrogens with zero attached hydrogens (tertiary/aromatic N) is 5. The highest BCUT2D eigenvalue weighted by Crippen LogP contribution is 2.35. The molecule has 1 saturated heterocycles. The number of fused-ring (bicyclic) bond motifs is 1. The number of rotatable bonds is 6. The van der Waals surface area contributed by atoms with Crippen LogP contribution in [0.2, 0.25) is 0 Å². The minimum atomic E-state index is 0.672. The number of piperazine rings is 1. The van der Waals surface area contributed by atoms with Crippen molar-refractivity contribution in [1.82, 2.24) is 9.88 Å². The highest BCUT2D eigenvalue weighted by Gasteiger charge is 2.16. The third kappa shape index (κ3) is 4.84. The smallest absolute Gasteiger partial charge is 0.0991 e. The van der Waals surface area contributed by atoms with E-state index in [1.165, 1.54) is 17.1 Å². The SMILES string of the molecule is CCCN(c1ccc(N2CCN(C)CC2)cc1)c1ccnc2ccc(-c3ccc(C#N)cc3)cc12. The lowest BCUT2D eigenvalue weighted by atomic mass is 10.0. The molecule has 5 heteroatoms. The quantitative estimate of drug-likeness (QED) is 0.349. The molecule has 4 aromatic rings. The van der Waals surface area contributed by atoms with Crippen LogP contribution in [0.1, 0.15) is 18.9 Å². The van der Waals surface area contributed by atoms with Crippen LogP contribution in [-0.2, 0) is 0 Å². The summed E-state index contributed by atoms with van der Waals surface area (Å²) in [7, 11) is 2.19. The van der Waals surface area contributed by atoms with Gasteiger partial charge in [0.2, 0.25) is 0 Å². The number of aromatic nitrogens is 1. The van der Waals surface area contributed by atoms with Gasteiger partial charge in [0.05, 0.1) is 22.8 Å². The summed E-state index contributed by atoms with van der Waals surface area (Å²) >= 11 is 0. The Morgan fingerprint density at radius 1 is 0.886 bits per heavy atom. The summed E-state index contributed by atoms with van der Waals surface area (Å²) in [6, 6.07) is 27.5. The molecule has 0 atom stereocenters. The van der Waals surface area contributed by atoms with Gasteiger partial charge in [-0.25, -0.2) is 0 Å². The lowest BCUT2D eigenvalue weighted by molar-refractivity contribution is 0.313. The summed E-state index contributed by atoms with van der Waals surface area (Å²) in [6.45, 7) is 7.50. The molecule has 1 aliphatic rings. The van der Waals surface area contributed by atoms with E-state index in [1.807, 2.05) is 30.5 Å². The van der Waals surface area contributed by atoms with Crippen LogP contribution in [0.3, 0.4) is 0 Å². The summed E-state index contributed by atoms with van der Waals surface area (Å²) in [5, 5.41) is 10.3. The monoisotopic (exact) mass is 461 g/mol. The van der Waals surface area contributed by atoms with Gasteiger partial charge in [0.25, 0.3) is 0 Å². The Labute approximate surface area is 207 Å². The first-order valence-corrected chi connectivity index (χ1v) is 12.4. The Balaban J connectivity index is 1.50. The van der Waals surface area contributed by atoms with Gasteiger partial charge < -0.3 is 14.7 Å². The average molecular weight is 462 g/mol. The lowest BCUT2D eigenvalue weighted by Crippen LogP contribution is -2.44. The summed E-state index contributed by atoms with van der Waals surface area (Å²) in [5.74, 6) is 0. The molecule has 35 heavy (non-hydrogen) atoms. The lowest BCUT2D eigenvalue weighted by Gasteiger charge is -2.34. The molecule has 0 radical (unpaired) electrons. The fourth-order valence-electron chi connectivity index (χ4n) is 4.80. The van der Waals surface area contributed by atoms with Crippen LogP contribution in [0, 0.1) is 11.3 Å². The summed E-state index contributed by atoms with van der Waals surface area (Å²) in [5.41, 5.74) is 7.53. The van der Waals surface area contributed by atoms with Crippen molar-refractivity contribution in [3.05, 3.63) is 84.6 Å². The van der Waals surface area contributed by atoms with E-state index < -0.39 is 0 Å². The number of pyridine rings is 1. The molecule has 0 amide bonds. The van der Waals surface area contributed by atoms with Gasteiger partial charge in [-0.3, -0.25) is 4.98 Å². The zero-order chi connectivity index (χ0) is 24.2. The molecule has 5 rings (SSSR count). The van der Waals surface area contributed by atoms with Gasteiger partial charge in [0.1, 0.15) is 0 Å². The van der Waals surface area contributed by atoms with Crippen LogP contribution in [0.15, 0.2) is 79.0 Å². The highest BCUT2D eigenvalue weighted by molar-refractivity contribution is 5.96. The first kappa shape index (κ1) is 22.9. The first-order chi connectivity index (χ1) is 17.2. The average Bonchev–Trinajstić information content (AvgIpc) is 2.92. The van der Waals surface area contributed by atoms with Gasteiger partial charge in [0.15, 0.2) is 0 Å². The van der Waals surface area contributed by atoms with E-state index in [2.05, 4.69) is 88.3 Å². The van der Waals surface area contributed by atoms with E-state index in [0.29, 0.717) is 5.56 Å². The highest BCUT2D eigenvalue weighted by atomic mass is 15.2. The molecule has 176 valence electrons. The van der Waals surface area contributed by atoms with Crippen LogP contribution >= 0.6 is 0 Å². The van der Waals surface area contributed by atoms with Crippen molar-refractivity contribution in [2.24, 2.45) is 0 Å². The van der Waals surface area contributed by atoms with Gasteiger partial charge >= 0.3 is 0 Å². The van der Waals surface area contributed by atoms with Gasteiger partial charge in [-0.1, -0.05) is 25.1 Å². The number of likely N-dealkylation sites (N-methyl/N-ethyl adjacent to an activating group) is 1. The molecule has 5 nitrogen and oxygen atoms in total. The maximum absolute atomic E-state index is 9.13. The second-order valence-electron chi connectivity index (χ2n) is 9.21. The molecular formula is C30H31N5. The number of nitriles is 1. The maximum atomic E-state index is 9.13. The van der Waals surface area contributed by atoms with E-state index in [-0.39, 0.29) is 0 Å². The fraction of sp³-hybridized carbons (Fsp3) is 0.267. The van der Waals surface area contributed by atoms with Crippen molar-refractivity contribution < 1.29 is 0 Å². The van der Waals surface area contributed by atoms with Crippen LogP contribution in [-0.4, -0.2) is 49.7 Å². The second kappa shape index (κ2) is 10.2. The van der Waals surface area contributed by atoms with Crippen molar-refractivity contribution in [1.29, 1.82) is 5.26 Å². The van der Waals surface area contributed by atoms with E-state index in [4.69, 9.17) is 5.26 Å². The molecule has 0 spiro atoms. The number of hydrogen-bond acceptors (Lipinski definition) is 5. The van der Waals surface area contributed by atoms with E-state index >= 15 is 0 Å². The van der Waals surface area contributed by atoms with Gasteiger partial charge in [-0.15, -0.1) is 0 Å². The molecule has 0 aliphatic carbocycles. The van der Waals surface area contributed by atoms with Crippen molar-refractivity contribution >= 4 is 28.0 Å². The Bertz CT molecular complexity index is 1330. The standard InChI is InChI=1S/C30H31N5/c1-3-16-35(27-11-9-26(10-12-27)34-19-17-33(2)18-20-34)30-14-15-32-29-13-8-25(21-28(29)30)24-6-4-23(22-31)5-7-24/h4-15,21H,3,16-20H2,1-2H3. The Morgan fingerprint density at radius 2 is 1.60 bits per heavy atom. The minimum Gasteiger partial charge on any atom is -0.369 e. The van der Waals surface area contributed by atoms with Crippen molar-refractivity contribution in [3.63, 3.8) is 0 Å². The zero-order valence-corrected chi connectivity index (χ0v) is 20.5. The van der Waals surface area contributed by atoms with Crippen LogP contribution in [0.25, 0.3) is 22.0 Å². The summed E-state index contributed by atoms with van der Waals surface area (Å²) < 4.78 is 0. The van der Waals surface area contributed by atoms with Crippen LogP contribution in [0.5, 0.6) is 0 Å². The summed E-state index contributed by atoms with van der Waals surface area (Å²) in [4.78, 5) is 11.9. The Hall–Kier alpha value is -3.88. The number of hydrogen-bond donors (Lipinski definition) is 0. The van der Waals surface area contributed by atoms with Gasteiger partial charge in [0, 0.05) is 55.7 Å². The molecule has 1 fully saturated rings. The first-order valence-electron chi connectivity index (χ1n) is 12.4. The molecular weight excluding hydrogens is 430 g/mol. The second-order valence-corrected chi connectivity index (χ2v) is 9.21. The Morgan fingerprint density at radius 3 is 2.29 bits per heavy atom. The maximum Gasteiger partial charge on any atom is 0.0991 e. The fourth-order valence-corrected chi connectivity index (χ4v) is 4.80. The predicted molar refractivity (Wildman–Crippen MR) is 145 cm³/mol. The zero-order valence-electron chi connectivity index (χ0n) is 20.5.